The molecule has 1 unspecified atom stereocenters. The van der Waals surface area contributed by atoms with Crippen LogP contribution in [0.15, 0.2) is 0 Å². The van der Waals surface area contributed by atoms with E-state index in [1.54, 1.807) is 0 Å². The topological polar surface area (TPSA) is 46.5 Å². The summed E-state index contributed by atoms with van der Waals surface area (Å²) in [4.78, 5) is 9.81. The van der Waals surface area contributed by atoms with Crippen LogP contribution in [-0.2, 0) is 9.09 Å². The van der Waals surface area contributed by atoms with Crippen LogP contribution in [0.5, 0.6) is 0 Å². The van der Waals surface area contributed by atoms with E-state index in [2.05, 4.69) is 13.8 Å². The van der Waals surface area contributed by atoms with Crippen LogP contribution in [0.1, 0.15) is 117 Å². The van der Waals surface area contributed by atoms with Gasteiger partial charge in [-0.2, -0.15) is 0 Å². The summed E-state index contributed by atoms with van der Waals surface area (Å²) >= 11 is 0. The largest absolute Gasteiger partial charge is 0.328 e. The maximum absolute atomic E-state index is 11.9. The fourth-order valence-corrected chi connectivity index (χ4v) is 4.12. The standard InChI is InChI=1S/C20H43O3P/c1-3-5-7-9-11-12-13-14-16-18-20-24(21,22)23-19-17-15-10-8-6-4-2/h3-20H2,1-2H3,(H,21,22). The van der Waals surface area contributed by atoms with Crippen LogP contribution >= 0.6 is 7.60 Å². The first kappa shape index (κ1) is 24.1. The van der Waals surface area contributed by atoms with Crippen molar-refractivity contribution in [2.24, 2.45) is 0 Å². The van der Waals surface area contributed by atoms with Crippen LogP contribution in [0.2, 0.25) is 0 Å². The average Bonchev–Trinajstić information content (AvgIpc) is 2.55. The monoisotopic (exact) mass is 362 g/mol. The lowest BCUT2D eigenvalue weighted by molar-refractivity contribution is 0.252. The second-order valence-electron chi connectivity index (χ2n) is 7.14. The van der Waals surface area contributed by atoms with E-state index in [1.807, 2.05) is 0 Å². The van der Waals surface area contributed by atoms with Crippen molar-refractivity contribution in [3.05, 3.63) is 0 Å². The molecule has 0 aliphatic rings. The molecule has 146 valence electrons. The van der Waals surface area contributed by atoms with Gasteiger partial charge in [-0.05, 0) is 12.8 Å². The average molecular weight is 363 g/mol. The van der Waals surface area contributed by atoms with Crippen LogP contribution in [0.4, 0.5) is 0 Å². The smallest absolute Gasteiger partial charge is 0.324 e. The normalized spacial score (nSPS) is 14.0. The number of hydrogen-bond acceptors (Lipinski definition) is 2. The molecule has 0 radical (unpaired) electrons. The maximum atomic E-state index is 11.9. The molecule has 1 N–H and O–H groups in total. The lowest BCUT2D eigenvalue weighted by Gasteiger charge is -2.12. The molecule has 24 heavy (non-hydrogen) atoms. The molecule has 0 bridgehead atoms. The van der Waals surface area contributed by atoms with Gasteiger partial charge in [0.1, 0.15) is 0 Å². The molecule has 3 nitrogen and oxygen atoms in total. The fourth-order valence-electron chi connectivity index (χ4n) is 2.95. The second-order valence-corrected chi connectivity index (χ2v) is 9.12. The van der Waals surface area contributed by atoms with E-state index in [0.29, 0.717) is 12.8 Å². The first-order chi connectivity index (χ1) is 11.6. The first-order valence-electron chi connectivity index (χ1n) is 10.6. The molecular weight excluding hydrogens is 319 g/mol. The minimum Gasteiger partial charge on any atom is -0.324 e. The number of hydrogen-bond donors (Lipinski definition) is 1. The molecule has 0 fully saturated rings. The Morgan fingerprint density at radius 3 is 1.46 bits per heavy atom. The highest BCUT2D eigenvalue weighted by molar-refractivity contribution is 7.52. The van der Waals surface area contributed by atoms with Crippen molar-refractivity contribution in [1.82, 2.24) is 0 Å². The molecule has 0 rings (SSSR count). The van der Waals surface area contributed by atoms with E-state index < -0.39 is 7.60 Å². The highest BCUT2D eigenvalue weighted by atomic mass is 31.2. The first-order valence-corrected chi connectivity index (χ1v) is 12.3. The highest BCUT2D eigenvalue weighted by Crippen LogP contribution is 2.43. The van der Waals surface area contributed by atoms with Gasteiger partial charge in [0, 0.05) is 6.16 Å². The maximum Gasteiger partial charge on any atom is 0.328 e. The molecule has 1 atom stereocenters. The lowest BCUT2D eigenvalue weighted by Crippen LogP contribution is -1.97. The molecule has 0 amide bonds. The summed E-state index contributed by atoms with van der Waals surface area (Å²) in [5.74, 6) is 0. The molecule has 0 saturated heterocycles. The van der Waals surface area contributed by atoms with E-state index in [-0.39, 0.29) is 0 Å². The third kappa shape index (κ3) is 18.5. The summed E-state index contributed by atoms with van der Waals surface area (Å²) in [5.41, 5.74) is 0. The van der Waals surface area contributed by atoms with Crippen LogP contribution in [-0.4, -0.2) is 17.7 Å². The van der Waals surface area contributed by atoms with Crippen LogP contribution < -0.4 is 0 Å². The number of unbranched alkanes of at least 4 members (excludes halogenated alkanes) is 14. The van der Waals surface area contributed by atoms with E-state index in [4.69, 9.17) is 4.52 Å². The van der Waals surface area contributed by atoms with Gasteiger partial charge >= 0.3 is 7.60 Å². The van der Waals surface area contributed by atoms with Crippen molar-refractivity contribution in [3.8, 4) is 0 Å². The van der Waals surface area contributed by atoms with Gasteiger partial charge in [0.15, 0.2) is 0 Å². The summed E-state index contributed by atoms with van der Waals surface area (Å²) in [7, 11) is -3.33. The zero-order valence-corrected chi connectivity index (χ0v) is 17.3. The zero-order valence-electron chi connectivity index (χ0n) is 16.4. The molecule has 0 aromatic rings. The Kier molecular flexibility index (Phi) is 18.1. The summed E-state index contributed by atoms with van der Waals surface area (Å²) in [5, 5.41) is 0. The molecule has 0 spiro atoms. The van der Waals surface area contributed by atoms with E-state index in [0.717, 1.165) is 25.7 Å². The Bertz CT molecular complexity index is 295. The molecule has 0 aromatic heterocycles. The van der Waals surface area contributed by atoms with Gasteiger partial charge in [-0.15, -0.1) is 0 Å². The lowest BCUT2D eigenvalue weighted by atomic mass is 10.1. The molecule has 0 heterocycles. The Morgan fingerprint density at radius 1 is 0.625 bits per heavy atom. The molecule has 0 saturated carbocycles. The quantitative estimate of drug-likeness (QED) is 0.191. The van der Waals surface area contributed by atoms with Crippen molar-refractivity contribution in [2.45, 2.75) is 117 Å². The van der Waals surface area contributed by atoms with Crippen LogP contribution in [0.3, 0.4) is 0 Å². The van der Waals surface area contributed by atoms with E-state index in [9.17, 15) is 9.46 Å². The van der Waals surface area contributed by atoms with Crippen molar-refractivity contribution < 1.29 is 14.0 Å². The fraction of sp³-hybridized carbons (Fsp3) is 1.00. The van der Waals surface area contributed by atoms with Crippen molar-refractivity contribution >= 4 is 7.60 Å². The summed E-state index contributed by atoms with van der Waals surface area (Å²) in [6.45, 7) is 4.90. The van der Waals surface area contributed by atoms with E-state index in [1.165, 1.54) is 77.0 Å². The Morgan fingerprint density at radius 2 is 1.00 bits per heavy atom. The van der Waals surface area contributed by atoms with Gasteiger partial charge in [-0.25, -0.2) is 0 Å². The van der Waals surface area contributed by atoms with Gasteiger partial charge in [0.2, 0.25) is 0 Å². The summed E-state index contributed by atoms with van der Waals surface area (Å²) < 4.78 is 17.1. The van der Waals surface area contributed by atoms with Gasteiger partial charge in [0.05, 0.1) is 6.61 Å². The van der Waals surface area contributed by atoms with Gasteiger partial charge in [0.25, 0.3) is 0 Å². The third-order valence-electron chi connectivity index (χ3n) is 4.59. The summed E-state index contributed by atoms with van der Waals surface area (Å²) in [6, 6.07) is 0. The second kappa shape index (κ2) is 18.0. The Hall–Kier alpha value is 0.150. The SMILES string of the molecule is CCCCCCCCCCCCP(=O)(O)OCCCCCCCC. The van der Waals surface area contributed by atoms with Crippen molar-refractivity contribution in [3.63, 3.8) is 0 Å². The Labute approximate surface area is 151 Å². The number of rotatable bonds is 19. The summed E-state index contributed by atoms with van der Waals surface area (Å²) in [6.07, 6.45) is 19.8. The van der Waals surface area contributed by atoms with Gasteiger partial charge < -0.3 is 9.42 Å². The molecule has 4 heteroatoms. The van der Waals surface area contributed by atoms with Crippen molar-refractivity contribution in [2.75, 3.05) is 12.8 Å². The minimum absolute atomic E-state index is 0.333. The zero-order chi connectivity index (χ0) is 17.9. The predicted molar refractivity (Wildman–Crippen MR) is 106 cm³/mol. The van der Waals surface area contributed by atoms with Gasteiger partial charge in [-0.3, -0.25) is 4.57 Å². The van der Waals surface area contributed by atoms with Crippen LogP contribution in [0, 0.1) is 0 Å². The van der Waals surface area contributed by atoms with Crippen LogP contribution in [0.25, 0.3) is 0 Å². The van der Waals surface area contributed by atoms with Crippen molar-refractivity contribution in [1.29, 1.82) is 0 Å². The van der Waals surface area contributed by atoms with Gasteiger partial charge in [-0.1, -0.05) is 104 Å². The molecule has 0 aliphatic heterocycles. The Balaban J connectivity index is 3.33. The van der Waals surface area contributed by atoms with E-state index >= 15 is 0 Å². The third-order valence-corrected chi connectivity index (χ3v) is 6.05. The predicted octanol–water partition coefficient (Wildman–Crippen LogP) is 7.47. The minimum atomic E-state index is -3.33. The molecule has 0 aromatic carbocycles. The molecule has 0 aliphatic carbocycles. The highest BCUT2D eigenvalue weighted by Gasteiger charge is 2.17. The molecular formula is C20H43O3P.